The van der Waals surface area contributed by atoms with E-state index in [1.807, 2.05) is 0 Å². The van der Waals surface area contributed by atoms with Crippen LogP contribution in [0.3, 0.4) is 0 Å². The molecule has 1 amide bonds. The molecule has 3 N–H and O–H groups in total. The molecular weight excluding hydrogens is 320 g/mol. The molecule has 0 bridgehead atoms. The maximum atomic E-state index is 13.5. The number of anilines is 1. The first-order valence-electron chi connectivity index (χ1n) is 7.10. The van der Waals surface area contributed by atoms with Gasteiger partial charge in [-0.25, -0.2) is 13.6 Å². The monoisotopic (exact) mass is 337 g/mol. The Morgan fingerprint density at radius 2 is 2.04 bits per heavy atom. The molecule has 1 unspecified atom stereocenters. The summed E-state index contributed by atoms with van der Waals surface area (Å²) < 4.78 is 26.5. The van der Waals surface area contributed by atoms with E-state index in [1.165, 1.54) is 0 Å². The third-order valence-electron chi connectivity index (χ3n) is 2.98. The van der Waals surface area contributed by atoms with Gasteiger partial charge in [-0.2, -0.15) is 5.26 Å². The molecule has 8 heteroatoms. The summed E-state index contributed by atoms with van der Waals surface area (Å²) in [6.07, 6.45) is 1.08. The van der Waals surface area contributed by atoms with Gasteiger partial charge in [-0.15, -0.1) is 0 Å². The lowest BCUT2D eigenvalue weighted by molar-refractivity contribution is -0.141. The fraction of sp³-hybridized carbons (Fsp3) is 0.312. The number of carbonyl (C=O) groups excluding carboxylic acids is 1. The summed E-state index contributed by atoms with van der Waals surface area (Å²) in [6.45, 7) is 3.58. The number of amides is 1. The molecule has 0 aliphatic carbocycles. The highest BCUT2D eigenvalue weighted by Crippen LogP contribution is 2.15. The van der Waals surface area contributed by atoms with E-state index >= 15 is 0 Å². The van der Waals surface area contributed by atoms with E-state index in [4.69, 9.17) is 10.4 Å². The van der Waals surface area contributed by atoms with Crippen molar-refractivity contribution in [1.82, 2.24) is 5.32 Å². The Labute approximate surface area is 137 Å². The van der Waals surface area contributed by atoms with E-state index in [2.05, 4.69) is 10.6 Å². The molecule has 0 saturated carbocycles. The molecule has 128 valence electrons. The number of hydrogen-bond acceptors (Lipinski definition) is 4. The van der Waals surface area contributed by atoms with E-state index in [-0.39, 0.29) is 18.0 Å². The SMILES string of the molecule is CC(C)CC(NC(=O)/C(C#N)=C\Nc1cc(F)ccc1F)C(=O)O. The van der Waals surface area contributed by atoms with Gasteiger partial charge in [0.1, 0.15) is 29.3 Å². The molecule has 0 saturated heterocycles. The molecule has 0 heterocycles. The average molecular weight is 337 g/mol. The number of halogens is 2. The molecule has 1 aromatic rings. The van der Waals surface area contributed by atoms with Gasteiger partial charge >= 0.3 is 5.97 Å². The number of aliphatic carboxylic acids is 1. The minimum atomic E-state index is -1.22. The van der Waals surface area contributed by atoms with Gasteiger partial charge in [0.15, 0.2) is 0 Å². The first-order chi connectivity index (χ1) is 11.2. The van der Waals surface area contributed by atoms with Crippen molar-refractivity contribution in [3.8, 4) is 6.07 Å². The Kier molecular flexibility index (Phi) is 6.86. The van der Waals surface area contributed by atoms with Crippen molar-refractivity contribution in [3.05, 3.63) is 41.6 Å². The molecule has 0 radical (unpaired) electrons. The van der Waals surface area contributed by atoms with Crippen LogP contribution in [-0.4, -0.2) is 23.0 Å². The number of carboxylic acids is 1. The fourth-order valence-corrected chi connectivity index (χ4v) is 1.84. The van der Waals surface area contributed by atoms with Crippen LogP contribution in [0.1, 0.15) is 20.3 Å². The van der Waals surface area contributed by atoms with Crippen molar-refractivity contribution in [1.29, 1.82) is 5.26 Å². The highest BCUT2D eigenvalue weighted by Gasteiger charge is 2.22. The molecule has 1 rings (SSSR count). The summed E-state index contributed by atoms with van der Waals surface area (Å²) in [6, 6.07) is 3.10. The predicted molar refractivity (Wildman–Crippen MR) is 82.7 cm³/mol. The van der Waals surface area contributed by atoms with Gasteiger partial charge in [0, 0.05) is 12.3 Å². The van der Waals surface area contributed by atoms with Crippen LogP contribution < -0.4 is 10.6 Å². The van der Waals surface area contributed by atoms with E-state index < -0.39 is 35.1 Å². The molecule has 0 aliphatic heterocycles. The van der Waals surface area contributed by atoms with Gasteiger partial charge in [0.2, 0.25) is 0 Å². The zero-order valence-corrected chi connectivity index (χ0v) is 13.1. The Morgan fingerprint density at radius 3 is 2.58 bits per heavy atom. The minimum absolute atomic E-state index is 0.0143. The Balaban J connectivity index is 2.87. The number of rotatable bonds is 7. The van der Waals surface area contributed by atoms with Gasteiger partial charge in [0.05, 0.1) is 5.69 Å². The van der Waals surface area contributed by atoms with Crippen molar-refractivity contribution in [2.45, 2.75) is 26.3 Å². The number of nitrogens with zero attached hydrogens (tertiary/aromatic N) is 1. The van der Waals surface area contributed by atoms with Crippen LogP contribution in [0.5, 0.6) is 0 Å². The topological polar surface area (TPSA) is 102 Å². The van der Waals surface area contributed by atoms with Crippen LogP contribution in [0.2, 0.25) is 0 Å². The summed E-state index contributed by atoms with van der Waals surface area (Å²) >= 11 is 0. The van der Waals surface area contributed by atoms with Gasteiger partial charge in [0.25, 0.3) is 5.91 Å². The summed E-state index contributed by atoms with van der Waals surface area (Å²) in [5, 5.41) is 22.6. The molecule has 24 heavy (non-hydrogen) atoms. The van der Waals surface area contributed by atoms with Crippen molar-refractivity contribution < 1.29 is 23.5 Å². The molecule has 1 atom stereocenters. The third-order valence-corrected chi connectivity index (χ3v) is 2.98. The second-order valence-corrected chi connectivity index (χ2v) is 5.43. The second kappa shape index (κ2) is 8.62. The first-order valence-corrected chi connectivity index (χ1v) is 7.10. The normalized spacial score (nSPS) is 12.4. The van der Waals surface area contributed by atoms with Crippen LogP contribution in [0, 0.1) is 28.9 Å². The average Bonchev–Trinajstić information content (AvgIpc) is 2.50. The minimum Gasteiger partial charge on any atom is -0.480 e. The Hall–Kier alpha value is -2.95. The third kappa shape index (κ3) is 5.68. The molecule has 0 aliphatic rings. The number of hydrogen-bond donors (Lipinski definition) is 3. The number of nitriles is 1. The lowest BCUT2D eigenvalue weighted by Crippen LogP contribution is -2.42. The van der Waals surface area contributed by atoms with Crippen LogP contribution in [0.25, 0.3) is 0 Å². The van der Waals surface area contributed by atoms with E-state index in [0.29, 0.717) is 0 Å². The maximum absolute atomic E-state index is 13.5. The lowest BCUT2D eigenvalue weighted by atomic mass is 10.0. The van der Waals surface area contributed by atoms with Crippen LogP contribution >= 0.6 is 0 Å². The van der Waals surface area contributed by atoms with Crippen LogP contribution in [-0.2, 0) is 9.59 Å². The number of carbonyl (C=O) groups is 2. The van der Waals surface area contributed by atoms with Crippen molar-refractivity contribution >= 4 is 17.6 Å². The van der Waals surface area contributed by atoms with Gasteiger partial charge in [-0.05, 0) is 24.5 Å². The molecule has 0 fully saturated rings. The zero-order valence-electron chi connectivity index (χ0n) is 13.1. The van der Waals surface area contributed by atoms with E-state index in [1.54, 1.807) is 19.9 Å². The molecule has 0 spiro atoms. The number of carboxylic acid groups (broad SMARTS) is 1. The standard InChI is InChI=1S/C16H17F2N3O3/c1-9(2)5-14(16(23)24)21-15(22)10(7-19)8-20-13-6-11(17)3-4-12(13)18/h3-4,6,8-9,14,20H,5H2,1-2H3,(H,21,22)(H,23,24)/b10-8-. The summed E-state index contributed by atoms with van der Waals surface area (Å²) in [5.74, 6) is -3.60. The summed E-state index contributed by atoms with van der Waals surface area (Å²) in [4.78, 5) is 23.1. The first kappa shape index (κ1) is 19.1. The molecule has 1 aromatic carbocycles. The summed E-state index contributed by atoms with van der Waals surface area (Å²) in [7, 11) is 0. The van der Waals surface area contributed by atoms with E-state index in [0.717, 1.165) is 24.4 Å². The van der Waals surface area contributed by atoms with Crippen molar-refractivity contribution in [2.24, 2.45) is 5.92 Å². The number of nitrogens with one attached hydrogen (secondary N) is 2. The summed E-state index contributed by atoms with van der Waals surface area (Å²) in [5.41, 5.74) is -0.721. The fourth-order valence-electron chi connectivity index (χ4n) is 1.84. The maximum Gasteiger partial charge on any atom is 0.326 e. The molecular formula is C16H17F2N3O3. The molecule has 0 aromatic heterocycles. The van der Waals surface area contributed by atoms with Gasteiger partial charge in [-0.3, -0.25) is 4.79 Å². The van der Waals surface area contributed by atoms with Crippen LogP contribution in [0.4, 0.5) is 14.5 Å². The lowest BCUT2D eigenvalue weighted by Gasteiger charge is -2.16. The Morgan fingerprint density at radius 1 is 1.38 bits per heavy atom. The zero-order chi connectivity index (χ0) is 18.3. The highest BCUT2D eigenvalue weighted by atomic mass is 19.1. The smallest absolute Gasteiger partial charge is 0.326 e. The number of benzene rings is 1. The highest BCUT2D eigenvalue weighted by molar-refractivity contribution is 5.99. The molecule has 6 nitrogen and oxygen atoms in total. The quantitative estimate of drug-likeness (QED) is 0.524. The van der Waals surface area contributed by atoms with Gasteiger partial charge in [-0.1, -0.05) is 13.8 Å². The second-order valence-electron chi connectivity index (χ2n) is 5.43. The van der Waals surface area contributed by atoms with E-state index in [9.17, 15) is 18.4 Å². The van der Waals surface area contributed by atoms with Crippen LogP contribution in [0.15, 0.2) is 30.0 Å². The largest absolute Gasteiger partial charge is 0.480 e. The van der Waals surface area contributed by atoms with Crippen molar-refractivity contribution in [3.63, 3.8) is 0 Å². The van der Waals surface area contributed by atoms with Gasteiger partial charge < -0.3 is 15.7 Å². The predicted octanol–water partition coefficient (Wildman–Crippen LogP) is 2.40. The Bertz CT molecular complexity index is 696. The van der Waals surface area contributed by atoms with Crippen molar-refractivity contribution in [2.75, 3.05) is 5.32 Å².